The number of hydrogen-bond acceptors (Lipinski definition) is 5. The van der Waals surface area contributed by atoms with E-state index in [1.165, 1.54) is 7.11 Å². The highest BCUT2D eigenvalue weighted by Gasteiger charge is 2.21. The van der Waals surface area contributed by atoms with Crippen molar-refractivity contribution in [2.24, 2.45) is 5.92 Å². The highest BCUT2D eigenvalue weighted by atomic mass is 35.5. The van der Waals surface area contributed by atoms with Crippen molar-refractivity contribution in [3.05, 3.63) is 21.6 Å². The zero-order chi connectivity index (χ0) is 14.7. The van der Waals surface area contributed by atoms with Crippen molar-refractivity contribution in [1.82, 2.24) is 9.78 Å². The van der Waals surface area contributed by atoms with E-state index >= 15 is 0 Å². The number of ether oxygens (including phenoxy) is 1. The number of esters is 1. The van der Waals surface area contributed by atoms with Gasteiger partial charge in [0.1, 0.15) is 11.6 Å². The van der Waals surface area contributed by atoms with Gasteiger partial charge in [-0.25, -0.2) is 4.68 Å². The molecule has 1 saturated heterocycles. The third-order valence-corrected chi connectivity index (χ3v) is 3.95. The molecule has 0 aliphatic carbocycles. The molecule has 7 heteroatoms. The minimum absolute atomic E-state index is 0.110. The molecule has 1 aromatic rings. The Kier molecular flexibility index (Phi) is 4.65. The lowest BCUT2D eigenvalue weighted by Gasteiger charge is -2.32. The van der Waals surface area contributed by atoms with Gasteiger partial charge in [-0.1, -0.05) is 18.5 Å². The average molecular weight is 300 g/mol. The number of halogens is 1. The van der Waals surface area contributed by atoms with Gasteiger partial charge in [-0.15, -0.1) is 0 Å². The number of anilines is 1. The fraction of sp³-hybridized carbons (Fsp3) is 0.615. The van der Waals surface area contributed by atoms with Gasteiger partial charge < -0.3 is 9.64 Å². The van der Waals surface area contributed by atoms with E-state index in [-0.39, 0.29) is 11.6 Å². The minimum atomic E-state index is -0.532. The molecule has 1 fully saturated rings. The van der Waals surface area contributed by atoms with Crippen LogP contribution < -0.4 is 10.5 Å². The number of aromatic nitrogens is 2. The zero-order valence-corrected chi connectivity index (χ0v) is 12.4. The number of rotatable bonds is 3. The van der Waals surface area contributed by atoms with Gasteiger partial charge in [0, 0.05) is 13.1 Å². The van der Waals surface area contributed by atoms with Crippen LogP contribution in [0.15, 0.2) is 11.0 Å². The second-order valence-corrected chi connectivity index (χ2v) is 5.43. The van der Waals surface area contributed by atoms with Crippen molar-refractivity contribution in [3.63, 3.8) is 0 Å². The Hall–Kier alpha value is -1.56. The summed E-state index contributed by atoms with van der Waals surface area (Å²) in [6.45, 7) is 3.71. The van der Waals surface area contributed by atoms with Gasteiger partial charge in [0.25, 0.3) is 5.56 Å². The van der Waals surface area contributed by atoms with E-state index in [0.717, 1.165) is 30.6 Å². The first-order valence-corrected chi connectivity index (χ1v) is 6.98. The van der Waals surface area contributed by atoms with Crippen molar-refractivity contribution in [1.29, 1.82) is 0 Å². The summed E-state index contributed by atoms with van der Waals surface area (Å²) < 4.78 is 5.53. The molecule has 2 heterocycles. The smallest absolute Gasteiger partial charge is 0.327 e. The molecule has 6 nitrogen and oxygen atoms in total. The van der Waals surface area contributed by atoms with Crippen molar-refractivity contribution >= 4 is 23.3 Å². The summed E-state index contributed by atoms with van der Waals surface area (Å²) in [4.78, 5) is 25.3. The van der Waals surface area contributed by atoms with Gasteiger partial charge >= 0.3 is 5.97 Å². The molecule has 0 bridgehead atoms. The number of piperidine rings is 1. The molecule has 0 aromatic carbocycles. The molecule has 110 valence electrons. The van der Waals surface area contributed by atoms with Crippen LogP contribution >= 0.6 is 11.6 Å². The Morgan fingerprint density at radius 1 is 1.50 bits per heavy atom. The van der Waals surface area contributed by atoms with Crippen molar-refractivity contribution in [3.8, 4) is 0 Å². The Balaban J connectivity index is 2.22. The van der Waals surface area contributed by atoms with Crippen LogP contribution in [0.4, 0.5) is 5.69 Å². The molecule has 0 unspecified atom stereocenters. The van der Waals surface area contributed by atoms with Crippen molar-refractivity contribution < 1.29 is 9.53 Å². The maximum absolute atomic E-state index is 12.1. The Morgan fingerprint density at radius 3 is 2.75 bits per heavy atom. The molecule has 0 radical (unpaired) electrons. The van der Waals surface area contributed by atoms with E-state index in [1.54, 1.807) is 6.20 Å². The average Bonchev–Trinajstić information content (AvgIpc) is 2.45. The molecular formula is C13H18ClN3O3. The second-order valence-electron chi connectivity index (χ2n) is 5.05. The fourth-order valence-corrected chi connectivity index (χ4v) is 2.49. The van der Waals surface area contributed by atoms with Gasteiger partial charge in [0.15, 0.2) is 0 Å². The van der Waals surface area contributed by atoms with Crippen molar-refractivity contribution in [2.45, 2.75) is 26.3 Å². The first-order chi connectivity index (χ1) is 9.52. The van der Waals surface area contributed by atoms with E-state index in [2.05, 4.69) is 21.7 Å². The van der Waals surface area contributed by atoms with Crippen LogP contribution in [0.5, 0.6) is 0 Å². The third-order valence-electron chi connectivity index (χ3n) is 3.60. The summed E-state index contributed by atoms with van der Waals surface area (Å²) in [5, 5.41) is 4.11. The highest BCUT2D eigenvalue weighted by molar-refractivity contribution is 6.33. The molecule has 1 aliphatic rings. The maximum atomic E-state index is 12.1. The molecule has 1 aromatic heterocycles. The predicted molar refractivity (Wildman–Crippen MR) is 76.1 cm³/mol. The van der Waals surface area contributed by atoms with Crippen LogP contribution in [0, 0.1) is 5.92 Å². The summed E-state index contributed by atoms with van der Waals surface area (Å²) in [5.74, 6) is 0.160. The second kappa shape index (κ2) is 6.26. The molecule has 0 N–H and O–H groups in total. The number of carbonyl (C=O) groups is 1. The van der Waals surface area contributed by atoms with E-state index in [9.17, 15) is 9.59 Å². The number of hydrogen-bond donors (Lipinski definition) is 0. The van der Waals surface area contributed by atoms with Crippen LogP contribution in [0.1, 0.15) is 19.8 Å². The van der Waals surface area contributed by atoms with Crippen LogP contribution in [0.25, 0.3) is 0 Å². The lowest BCUT2D eigenvalue weighted by Crippen LogP contribution is -2.35. The largest absolute Gasteiger partial charge is 0.468 e. The molecule has 0 atom stereocenters. The molecule has 20 heavy (non-hydrogen) atoms. The molecule has 1 aliphatic heterocycles. The van der Waals surface area contributed by atoms with Crippen molar-refractivity contribution in [2.75, 3.05) is 25.1 Å². The van der Waals surface area contributed by atoms with E-state index in [1.807, 2.05) is 0 Å². The first-order valence-electron chi connectivity index (χ1n) is 6.60. The Bertz CT molecular complexity index is 550. The zero-order valence-electron chi connectivity index (χ0n) is 11.6. The quantitative estimate of drug-likeness (QED) is 0.787. The summed E-state index contributed by atoms with van der Waals surface area (Å²) in [5.41, 5.74) is 0.179. The van der Waals surface area contributed by atoms with Crippen LogP contribution in [0.3, 0.4) is 0 Å². The third kappa shape index (κ3) is 3.12. The minimum Gasteiger partial charge on any atom is -0.468 e. The summed E-state index contributed by atoms with van der Waals surface area (Å²) in [6, 6.07) is 0. The fourth-order valence-electron chi connectivity index (χ4n) is 2.23. The normalized spacial score (nSPS) is 16.2. The Labute approximate surface area is 122 Å². The predicted octanol–water partition coefficient (Wildman–Crippen LogP) is 1.31. The van der Waals surface area contributed by atoms with E-state index in [0.29, 0.717) is 11.6 Å². The SMILES string of the molecule is COC(=O)Cn1ncc(N2CCC(C)CC2)c(Cl)c1=O. The summed E-state index contributed by atoms with van der Waals surface area (Å²) in [6.07, 6.45) is 3.69. The van der Waals surface area contributed by atoms with Crippen LogP contribution in [-0.2, 0) is 16.1 Å². The van der Waals surface area contributed by atoms with Crippen LogP contribution in [-0.4, -0.2) is 35.9 Å². The molecule has 0 saturated carbocycles. The Morgan fingerprint density at radius 2 is 2.15 bits per heavy atom. The summed E-state index contributed by atoms with van der Waals surface area (Å²) >= 11 is 6.13. The molecular weight excluding hydrogens is 282 g/mol. The molecule has 0 spiro atoms. The number of methoxy groups -OCH3 is 1. The number of nitrogens with zero attached hydrogens (tertiary/aromatic N) is 3. The van der Waals surface area contributed by atoms with Gasteiger partial charge in [0.05, 0.1) is 19.0 Å². The standard InChI is InChI=1S/C13H18ClN3O3/c1-9-3-5-16(6-4-9)10-7-15-17(8-11(18)20-2)13(19)12(10)14/h7,9H,3-6,8H2,1-2H3. The van der Waals surface area contributed by atoms with Crippen LogP contribution in [0.2, 0.25) is 5.02 Å². The maximum Gasteiger partial charge on any atom is 0.327 e. The molecule has 2 rings (SSSR count). The highest BCUT2D eigenvalue weighted by Crippen LogP contribution is 2.26. The van der Waals surface area contributed by atoms with E-state index in [4.69, 9.17) is 11.6 Å². The van der Waals surface area contributed by atoms with Gasteiger partial charge in [0.2, 0.25) is 0 Å². The summed E-state index contributed by atoms with van der Waals surface area (Å²) in [7, 11) is 1.26. The monoisotopic (exact) mass is 299 g/mol. The van der Waals surface area contributed by atoms with Gasteiger partial charge in [-0.3, -0.25) is 9.59 Å². The lowest BCUT2D eigenvalue weighted by atomic mass is 9.99. The number of carbonyl (C=O) groups excluding carboxylic acids is 1. The van der Waals surface area contributed by atoms with E-state index < -0.39 is 11.5 Å². The van der Waals surface area contributed by atoms with Gasteiger partial charge in [-0.2, -0.15) is 5.10 Å². The topological polar surface area (TPSA) is 64.4 Å². The molecule has 0 amide bonds. The first kappa shape index (κ1) is 14.8. The van der Waals surface area contributed by atoms with Gasteiger partial charge in [-0.05, 0) is 18.8 Å². The lowest BCUT2D eigenvalue weighted by molar-refractivity contribution is -0.141.